The number of alkyl halides is 3. The Hall–Kier alpha value is -1.07. The number of halogens is 3. The molecule has 3 aliphatic heterocycles. The first-order valence-corrected chi connectivity index (χ1v) is 6.71. The Balaban J connectivity index is 1.73. The Morgan fingerprint density at radius 3 is 1.95 bits per heavy atom. The summed E-state index contributed by atoms with van der Waals surface area (Å²) in [7, 11) is 0. The van der Waals surface area contributed by atoms with Gasteiger partial charge in [0.15, 0.2) is 0 Å². The molecule has 3 heterocycles. The van der Waals surface area contributed by atoms with Gasteiger partial charge in [0.05, 0.1) is 25.2 Å². The van der Waals surface area contributed by atoms with E-state index in [4.69, 9.17) is 0 Å². The highest BCUT2D eigenvalue weighted by molar-refractivity contribution is 5.24. The molecule has 104 valence electrons. The topological polar surface area (TPSA) is 3.24 Å². The van der Waals surface area contributed by atoms with Gasteiger partial charge in [-0.3, -0.25) is 4.90 Å². The molecule has 2 bridgehead atoms. The molecule has 0 amide bonds. The van der Waals surface area contributed by atoms with E-state index in [0.29, 0.717) is 0 Å². The van der Waals surface area contributed by atoms with E-state index in [9.17, 15) is 13.2 Å². The second kappa shape index (κ2) is 4.49. The fourth-order valence-corrected chi connectivity index (χ4v) is 3.16. The minimum absolute atomic E-state index is 0.556. The maximum atomic E-state index is 12.5. The van der Waals surface area contributed by atoms with Crippen molar-refractivity contribution in [2.75, 3.05) is 39.3 Å². The second-order valence-corrected chi connectivity index (χ2v) is 5.71. The van der Waals surface area contributed by atoms with Crippen LogP contribution in [0.25, 0.3) is 0 Å². The van der Waals surface area contributed by atoms with E-state index in [1.807, 2.05) is 0 Å². The van der Waals surface area contributed by atoms with Crippen molar-refractivity contribution in [3.05, 3.63) is 35.4 Å². The van der Waals surface area contributed by atoms with Crippen molar-refractivity contribution in [2.45, 2.75) is 12.7 Å². The molecule has 0 atom stereocenters. The molecule has 0 radical (unpaired) electrons. The molecule has 1 aromatic carbocycles. The molecule has 3 saturated heterocycles. The number of hydrogen-bond acceptors (Lipinski definition) is 1. The normalized spacial score (nSPS) is 30.6. The van der Waals surface area contributed by atoms with E-state index in [1.165, 1.54) is 12.1 Å². The highest BCUT2D eigenvalue weighted by Gasteiger charge is 2.38. The van der Waals surface area contributed by atoms with Crippen LogP contribution in [-0.4, -0.2) is 48.7 Å². The molecule has 1 aromatic rings. The lowest BCUT2D eigenvalue weighted by atomic mass is 10.1. The number of quaternary nitrogens is 1. The van der Waals surface area contributed by atoms with E-state index in [0.717, 1.165) is 55.9 Å². The summed E-state index contributed by atoms with van der Waals surface area (Å²) in [4.78, 5) is 2.47. The van der Waals surface area contributed by atoms with Crippen LogP contribution in [0, 0.1) is 0 Å². The average Bonchev–Trinajstić information content (AvgIpc) is 2.40. The van der Waals surface area contributed by atoms with E-state index >= 15 is 0 Å². The van der Waals surface area contributed by atoms with Gasteiger partial charge in [-0.1, -0.05) is 12.1 Å². The standard InChI is InChI=1S/C14H18F3N2/c15-14(16,17)13-3-1-12(2-4-13)11-19-8-5-18(6-9-19)7-10-19/h1-4H,5-11H2/q+1. The summed E-state index contributed by atoms with van der Waals surface area (Å²) in [6, 6.07) is 5.68. The molecule has 4 rings (SSSR count). The van der Waals surface area contributed by atoms with Crippen molar-refractivity contribution in [3.63, 3.8) is 0 Å². The van der Waals surface area contributed by atoms with E-state index in [1.54, 1.807) is 12.1 Å². The molecular weight excluding hydrogens is 253 g/mol. The Bertz CT molecular complexity index is 431. The summed E-state index contributed by atoms with van der Waals surface area (Å²) in [5.74, 6) is 0. The predicted octanol–water partition coefficient (Wildman–Crippen LogP) is 2.35. The van der Waals surface area contributed by atoms with Crippen LogP contribution in [0.5, 0.6) is 0 Å². The van der Waals surface area contributed by atoms with Crippen molar-refractivity contribution in [3.8, 4) is 0 Å². The van der Waals surface area contributed by atoms with Gasteiger partial charge in [-0.25, -0.2) is 0 Å². The quantitative estimate of drug-likeness (QED) is 0.746. The van der Waals surface area contributed by atoms with E-state index in [-0.39, 0.29) is 0 Å². The lowest BCUT2D eigenvalue weighted by molar-refractivity contribution is -0.953. The molecular formula is C14H18F3N2+. The van der Waals surface area contributed by atoms with Gasteiger partial charge in [0, 0.05) is 25.2 Å². The van der Waals surface area contributed by atoms with Crippen LogP contribution in [0.15, 0.2) is 24.3 Å². The molecule has 2 nitrogen and oxygen atoms in total. The molecule has 3 fully saturated rings. The number of hydrogen-bond donors (Lipinski definition) is 0. The van der Waals surface area contributed by atoms with Crippen molar-refractivity contribution in [2.24, 2.45) is 0 Å². The third kappa shape index (κ3) is 2.62. The molecule has 0 unspecified atom stereocenters. The average molecular weight is 271 g/mol. The van der Waals surface area contributed by atoms with Crippen LogP contribution in [-0.2, 0) is 12.7 Å². The number of rotatable bonds is 2. The van der Waals surface area contributed by atoms with E-state index < -0.39 is 11.7 Å². The van der Waals surface area contributed by atoms with Gasteiger partial charge < -0.3 is 4.48 Å². The van der Waals surface area contributed by atoms with Gasteiger partial charge >= 0.3 is 6.18 Å². The first kappa shape index (κ1) is 12.9. The summed E-state index contributed by atoms with van der Waals surface area (Å²) >= 11 is 0. The highest BCUT2D eigenvalue weighted by atomic mass is 19.4. The SMILES string of the molecule is FC(F)(F)c1ccc(C[N+]23CCN(CC2)CC3)cc1. The van der Waals surface area contributed by atoms with Gasteiger partial charge in [0.2, 0.25) is 0 Å². The molecule has 0 aromatic heterocycles. The third-order valence-electron chi connectivity index (χ3n) is 4.47. The summed E-state index contributed by atoms with van der Waals surface area (Å²) in [6.45, 7) is 7.62. The zero-order chi connectivity index (χ0) is 13.5. The monoisotopic (exact) mass is 271 g/mol. The molecule has 0 N–H and O–H groups in total. The molecule has 3 aliphatic rings. The second-order valence-electron chi connectivity index (χ2n) is 5.71. The van der Waals surface area contributed by atoms with Crippen LogP contribution in [0.4, 0.5) is 13.2 Å². The summed E-state index contributed by atoms with van der Waals surface area (Å²) in [6.07, 6.45) is -4.23. The lowest BCUT2D eigenvalue weighted by Crippen LogP contribution is -2.66. The summed E-state index contributed by atoms with van der Waals surface area (Å²) < 4.78 is 38.6. The van der Waals surface area contributed by atoms with E-state index in [2.05, 4.69) is 4.90 Å². The number of piperazine rings is 3. The first-order chi connectivity index (χ1) is 8.97. The third-order valence-corrected chi connectivity index (χ3v) is 4.47. The fourth-order valence-electron chi connectivity index (χ4n) is 3.16. The highest BCUT2D eigenvalue weighted by Crippen LogP contribution is 2.30. The lowest BCUT2D eigenvalue weighted by Gasteiger charge is -2.50. The van der Waals surface area contributed by atoms with Gasteiger partial charge in [-0.2, -0.15) is 13.2 Å². The molecule has 19 heavy (non-hydrogen) atoms. The summed E-state index contributed by atoms with van der Waals surface area (Å²) in [5.41, 5.74) is 0.461. The Morgan fingerprint density at radius 2 is 1.47 bits per heavy atom. The number of benzene rings is 1. The Labute approximate surface area is 111 Å². The van der Waals surface area contributed by atoms with Crippen LogP contribution in [0.3, 0.4) is 0 Å². The van der Waals surface area contributed by atoms with Crippen molar-refractivity contribution in [1.29, 1.82) is 0 Å². The minimum Gasteiger partial charge on any atom is -0.317 e. The van der Waals surface area contributed by atoms with Gasteiger partial charge in [-0.05, 0) is 12.1 Å². The number of fused-ring (bicyclic) bond motifs is 3. The molecule has 0 spiro atoms. The van der Waals surface area contributed by atoms with Crippen LogP contribution >= 0.6 is 0 Å². The Morgan fingerprint density at radius 1 is 0.947 bits per heavy atom. The molecule has 0 saturated carbocycles. The van der Waals surface area contributed by atoms with Crippen molar-refractivity contribution >= 4 is 0 Å². The largest absolute Gasteiger partial charge is 0.416 e. The molecule has 0 aliphatic carbocycles. The van der Waals surface area contributed by atoms with Crippen LogP contribution < -0.4 is 0 Å². The van der Waals surface area contributed by atoms with Crippen molar-refractivity contribution < 1.29 is 17.7 Å². The zero-order valence-corrected chi connectivity index (χ0v) is 10.8. The van der Waals surface area contributed by atoms with Gasteiger partial charge in [0.1, 0.15) is 6.54 Å². The van der Waals surface area contributed by atoms with Crippen molar-refractivity contribution in [1.82, 2.24) is 4.90 Å². The smallest absolute Gasteiger partial charge is 0.317 e. The van der Waals surface area contributed by atoms with Gasteiger partial charge in [-0.15, -0.1) is 0 Å². The summed E-state index contributed by atoms with van der Waals surface area (Å²) in [5, 5.41) is 0. The maximum Gasteiger partial charge on any atom is 0.416 e. The maximum absolute atomic E-state index is 12.5. The first-order valence-electron chi connectivity index (χ1n) is 6.71. The fraction of sp³-hybridized carbons (Fsp3) is 0.571. The zero-order valence-electron chi connectivity index (χ0n) is 10.8. The Kier molecular flexibility index (Phi) is 3.06. The minimum atomic E-state index is -4.23. The van der Waals surface area contributed by atoms with Crippen LogP contribution in [0.1, 0.15) is 11.1 Å². The van der Waals surface area contributed by atoms with Crippen LogP contribution in [0.2, 0.25) is 0 Å². The van der Waals surface area contributed by atoms with Gasteiger partial charge in [0.25, 0.3) is 0 Å². The number of nitrogens with zero attached hydrogens (tertiary/aromatic N) is 2. The molecule has 5 heteroatoms. The predicted molar refractivity (Wildman–Crippen MR) is 66.4 cm³/mol.